The average molecular weight is 196 g/mol. The molecule has 4 heteroatoms. The van der Waals surface area contributed by atoms with Crippen molar-refractivity contribution in [2.45, 2.75) is 18.9 Å². The molecule has 1 aromatic rings. The van der Waals surface area contributed by atoms with Gasteiger partial charge in [0.25, 0.3) is 0 Å². The van der Waals surface area contributed by atoms with Crippen molar-refractivity contribution in [1.29, 1.82) is 0 Å². The van der Waals surface area contributed by atoms with Crippen molar-refractivity contribution in [3.8, 4) is 0 Å². The Kier molecular flexibility index (Phi) is 2.93. The topological polar surface area (TPSA) is 34.1 Å². The molecule has 0 bridgehead atoms. The minimum absolute atomic E-state index is 0.307. The van der Waals surface area contributed by atoms with E-state index in [-0.39, 0.29) is 5.82 Å². The van der Waals surface area contributed by atoms with Crippen LogP contribution in [-0.4, -0.2) is 24.2 Å². The molecule has 0 aliphatic carbocycles. The van der Waals surface area contributed by atoms with Crippen molar-refractivity contribution in [3.05, 3.63) is 24.1 Å². The van der Waals surface area contributed by atoms with E-state index in [4.69, 9.17) is 4.74 Å². The number of halogens is 1. The van der Waals surface area contributed by atoms with E-state index in [1.165, 1.54) is 12.3 Å². The van der Waals surface area contributed by atoms with Crippen LogP contribution in [-0.2, 0) is 4.74 Å². The van der Waals surface area contributed by atoms with Gasteiger partial charge in [-0.25, -0.2) is 9.37 Å². The van der Waals surface area contributed by atoms with Crippen LogP contribution in [0.2, 0.25) is 0 Å². The van der Waals surface area contributed by atoms with Gasteiger partial charge in [-0.2, -0.15) is 0 Å². The lowest BCUT2D eigenvalue weighted by Gasteiger charge is -2.23. The van der Waals surface area contributed by atoms with Crippen LogP contribution < -0.4 is 5.32 Å². The van der Waals surface area contributed by atoms with E-state index in [0.29, 0.717) is 18.5 Å². The van der Waals surface area contributed by atoms with Gasteiger partial charge in [-0.3, -0.25) is 0 Å². The molecule has 1 N–H and O–H groups in total. The second-order valence-electron chi connectivity index (χ2n) is 3.42. The van der Waals surface area contributed by atoms with Crippen LogP contribution in [0.4, 0.5) is 10.2 Å². The highest BCUT2D eigenvalue weighted by Crippen LogP contribution is 2.12. The van der Waals surface area contributed by atoms with E-state index in [1.807, 2.05) is 0 Å². The summed E-state index contributed by atoms with van der Waals surface area (Å²) in [4.78, 5) is 3.93. The monoisotopic (exact) mass is 196 g/mol. The van der Waals surface area contributed by atoms with E-state index < -0.39 is 0 Å². The lowest BCUT2D eigenvalue weighted by molar-refractivity contribution is 0.0875. The SMILES string of the molecule is Fc1ccc(NC2CCCOC2)nc1. The number of rotatable bonds is 2. The minimum Gasteiger partial charge on any atom is -0.379 e. The summed E-state index contributed by atoms with van der Waals surface area (Å²) in [6.07, 6.45) is 3.37. The Bertz CT molecular complexity index is 283. The molecule has 3 nitrogen and oxygen atoms in total. The van der Waals surface area contributed by atoms with Crippen molar-refractivity contribution in [1.82, 2.24) is 4.98 Å². The summed E-state index contributed by atoms with van der Waals surface area (Å²) >= 11 is 0. The van der Waals surface area contributed by atoms with Gasteiger partial charge >= 0.3 is 0 Å². The molecule has 1 fully saturated rings. The van der Waals surface area contributed by atoms with Gasteiger partial charge in [-0.05, 0) is 25.0 Å². The summed E-state index contributed by atoms with van der Waals surface area (Å²) in [6.45, 7) is 1.55. The Balaban J connectivity index is 1.92. The first-order valence-corrected chi connectivity index (χ1v) is 4.80. The lowest BCUT2D eigenvalue weighted by atomic mass is 10.1. The molecule has 1 saturated heterocycles. The molecule has 1 aliphatic rings. The Morgan fingerprint density at radius 1 is 1.50 bits per heavy atom. The molecule has 14 heavy (non-hydrogen) atoms. The highest BCUT2D eigenvalue weighted by atomic mass is 19.1. The highest BCUT2D eigenvalue weighted by Gasteiger charge is 2.13. The van der Waals surface area contributed by atoms with Gasteiger partial charge in [0.05, 0.1) is 18.8 Å². The highest BCUT2D eigenvalue weighted by molar-refractivity contribution is 5.34. The number of nitrogens with one attached hydrogen (secondary N) is 1. The van der Waals surface area contributed by atoms with Crippen molar-refractivity contribution in [3.63, 3.8) is 0 Å². The number of aromatic nitrogens is 1. The van der Waals surface area contributed by atoms with Crippen molar-refractivity contribution >= 4 is 5.82 Å². The van der Waals surface area contributed by atoms with Gasteiger partial charge in [0.1, 0.15) is 11.6 Å². The normalized spacial score (nSPS) is 21.9. The molecule has 0 radical (unpaired) electrons. The number of hydrogen-bond acceptors (Lipinski definition) is 3. The predicted octanol–water partition coefficient (Wildman–Crippen LogP) is 1.81. The third-order valence-electron chi connectivity index (χ3n) is 2.24. The molecule has 2 rings (SSSR count). The first-order chi connectivity index (χ1) is 6.84. The molecular weight excluding hydrogens is 183 g/mol. The van der Waals surface area contributed by atoms with Crippen LogP contribution in [0.5, 0.6) is 0 Å². The van der Waals surface area contributed by atoms with Crippen LogP contribution in [0.25, 0.3) is 0 Å². The molecule has 2 heterocycles. The number of pyridine rings is 1. The van der Waals surface area contributed by atoms with Gasteiger partial charge in [0.15, 0.2) is 0 Å². The third kappa shape index (κ3) is 2.42. The molecule has 1 unspecified atom stereocenters. The van der Waals surface area contributed by atoms with Crippen LogP contribution in [0.3, 0.4) is 0 Å². The number of hydrogen-bond donors (Lipinski definition) is 1. The van der Waals surface area contributed by atoms with E-state index in [9.17, 15) is 4.39 Å². The van der Waals surface area contributed by atoms with Gasteiger partial charge in [0.2, 0.25) is 0 Å². The first kappa shape index (κ1) is 9.40. The van der Waals surface area contributed by atoms with E-state index >= 15 is 0 Å². The van der Waals surface area contributed by atoms with Gasteiger partial charge in [-0.15, -0.1) is 0 Å². The maximum absolute atomic E-state index is 12.6. The summed E-state index contributed by atoms with van der Waals surface area (Å²) in [6, 6.07) is 3.35. The van der Waals surface area contributed by atoms with E-state index in [2.05, 4.69) is 10.3 Å². The molecule has 1 aliphatic heterocycles. The maximum Gasteiger partial charge on any atom is 0.141 e. The predicted molar refractivity (Wildman–Crippen MR) is 51.7 cm³/mol. The number of anilines is 1. The second-order valence-corrected chi connectivity index (χ2v) is 3.42. The summed E-state index contributed by atoms with van der Waals surface area (Å²) < 4.78 is 17.9. The Morgan fingerprint density at radius 2 is 2.43 bits per heavy atom. The Labute approximate surface area is 82.3 Å². The zero-order valence-corrected chi connectivity index (χ0v) is 7.87. The van der Waals surface area contributed by atoms with Crippen molar-refractivity contribution < 1.29 is 9.13 Å². The Morgan fingerprint density at radius 3 is 3.07 bits per heavy atom. The number of nitrogens with zero attached hydrogens (tertiary/aromatic N) is 1. The fraction of sp³-hybridized carbons (Fsp3) is 0.500. The molecule has 1 aromatic heterocycles. The minimum atomic E-state index is -0.310. The largest absolute Gasteiger partial charge is 0.379 e. The first-order valence-electron chi connectivity index (χ1n) is 4.80. The zero-order valence-electron chi connectivity index (χ0n) is 7.87. The average Bonchev–Trinajstić information content (AvgIpc) is 2.23. The van der Waals surface area contributed by atoms with Crippen LogP contribution in [0, 0.1) is 5.82 Å². The van der Waals surface area contributed by atoms with Gasteiger partial charge < -0.3 is 10.1 Å². The maximum atomic E-state index is 12.6. The summed E-state index contributed by atoms with van der Waals surface area (Å²) in [5, 5.41) is 3.21. The smallest absolute Gasteiger partial charge is 0.141 e. The molecular formula is C10H13FN2O. The van der Waals surface area contributed by atoms with Crippen LogP contribution >= 0.6 is 0 Å². The van der Waals surface area contributed by atoms with Crippen LogP contribution in [0.1, 0.15) is 12.8 Å². The van der Waals surface area contributed by atoms with Crippen LogP contribution in [0.15, 0.2) is 18.3 Å². The molecule has 0 aromatic carbocycles. The number of ether oxygens (including phenoxy) is 1. The van der Waals surface area contributed by atoms with Crippen molar-refractivity contribution in [2.75, 3.05) is 18.5 Å². The van der Waals surface area contributed by atoms with Gasteiger partial charge in [-0.1, -0.05) is 0 Å². The summed E-state index contributed by atoms with van der Waals surface area (Å²) in [5.74, 6) is 0.400. The van der Waals surface area contributed by atoms with E-state index in [1.54, 1.807) is 6.07 Å². The molecule has 0 spiro atoms. The summed E-state index contributed by atoms with van der Waals surface area (Å²) in [5.41, 5.74) is 0. The second kappa shape index (κ2) is 4.37. The van der Waals surface area contributed by atoms with Crippen molar-refractivity contribution in [2.24, 2.45) is 0 Å². The lowest BCUT2D eigenvalue weighted by Crippen LogP contribution is -2.30. The van der Waals surface area contributed by atoms with Gasteiger partial charge in [0, 0.05) is 6.61 Å². The standard InChI is InChI=1S/C10H13FN2O/c11-8-3-4-10(12-6-8)13-9-2-1-5-14-7-9/h3-4,6,9H,1-2,5,7H2,(H,12,13). The third-order valence-corrected chi connectivity index (χ3v) is 2.24. The van der Waals surface area contributed by atoms with E-state index in [0.717, 1.165) is 19.4 Å². The molecule has 76 valence electrons. The molecule has 0 amide bonds. The Hall–Kier alpha value is -1.16. The fourth-order valence-electron chi connectivity index (χ4n) is 1.52. The zero-order chi connectivity index (χ0) is 9.80. The quantitative estimate of drug-likeness (QED) is 0.783. The fourth-order valence-corrected chi connectivity index (χ4v) is 1.52. The molecule has 1 atom stereocenters. The molecule has 0 saturated carbocycles. The summed E-state index contributed by atoms with van der Waals surface area (Å²) in [7, 11) is 0.